The van der Waals surface area contributed by atoms with Gasteiger partial charge in [0, 0.05) is 10.6 Å². The van der Waals surface area contributed by atoms with Crippen LogP contribution in [0.5, 0.6) is 17.2 Å². The highest BCUT2D eigenvalue weighted by molar-refractivity contribution is 6.31. The maximum absolute atomic E-state index is 9.52. The second-order valence-corrected chi connectivity index (χ2v) is 3.91. The average Bonchev–Trinajstić information content (AvgIpc) is 2.30. The van der Waals surface area contributed by atoms with Gasteiger partial charge < -0.3 is 14.9 Å². The van der Waals surface area contributed by atoms with E-state index in [4.69, 9.17) is 16.3 Å². The van der Waals surface area contributed by atoms with Crippen LogP contribution in [0.2, 0.25) is 5.02 Å². The molecule has 2 N–H and O–H groups in total. The van der Waals surface area contributed by atoms with E-state index in [-0.39, 0.29) is 23.9 Å². The molecule has 0 spiro atoms. The first-order valence-corrected chi connectivity index (χ1v) is 5.43. The van der Waals surface area contributed by atoms with E-state index >= 15 is 0 Å². The molecule has 2 aromatic rings. The van der Waals surface area contributed by atoms with Gasteiger partial charge in [-0.25, -0.2) is 0 Å². The first-order valence-electron chi connectivity index (χ1n) is 5.05. The fraction of sp³-hybridized carbons (Fsp3) is 0.0769. The monoisotopic (exact) mass is 250 g/mol. The van der Waals surface area contributed by atoms with Crippen LogP contribution >= 0.6 is 11.6 Å². The summed E-state index contributed by atoms with van der Waals surface area (Å²) < 4.78 is 5.35. The summed E-state index contributed by atoms with van der Waals surface area (Å²) in [5, 5.41) is 19.6. The highest BCUT2D eigenvalue weighted by Crippen LogP contribution is 2.35. The van der Waals surface area contributed by atoms with Crippen molar-refractivity contribution in [2.75, 3.05) is 0 Å². The van der Waals surface area contributed by atoms with E-state index in [1.165, 1.54) is 18.2 Å². The molecule has 0 heterocycles. The summed E-state index contributed by atoms with van der Waals surface area (Å²) in [5.74, 6) is -0.137. The van der Waals surface area contributed by atoms with Crippen molar-refractivity contribution in [3.63, 3.8) is 0 Å². The Morgan fingerprint density at radius 1 is 0.941 bits per heavy atom. The molecule has 0 amide bonds. The molecule has 0 unspecified atom stereocenters. The highest BCUT2D eigenvalue weighted by atomic mass is 35.5. The molecule has 0 bridgehead atoms. The van der Waals surface area contributed by atoms with Crippen LogP contribution in [0.25, 0.3) is 0 Å². The van der Waals surface area contributed by atoms with Crippen LogP contribution < -0.4 is 4.74 Å². The summed E-state index contributed by atoms with van der Waals surface area (Å²) in [7, 11) is 0. The van der Waals surface area contributed by atoms with Crippen LogP contribution in [-0.4, -0.2) is 10.2 Å². The Balaban J connectivity index is 2.16. The molecule has 0 radical (unpaired) electrons. The molecule has 2 rings (SSSR count). The minimum Gasteiger partial charge on any atom is -0.504 e. The minimum absolute atomic E-state index is 0.0624. The zero-order valence-electron chi connectivity index (χ0n) is 8.93. The van der Waals surface area contributed by atoms with E-state index in [0.29, 0.717) is 5.02 Å². The number of hydrogen-bond donors (Lipinski definition) is 2. The molecule has 0 aliphatic rings. The van der Waals surface area contributed by atoms with E-state index in [2.05, 4.69) is 0 Å². The van der Waals surface area contributed by atoms with Gasteiger partial charge in [0.2, 0.25) is 5.75 Å². The lowest BCUT2D eigenvalue weighted by Crippen LogP contribution is -1.96. The summed E-state index contributed by atoms with van der Waals surface area (Å²) in [6.07, 6.45) is 0. The normalized spacial score (nSPS) is 10.2. The Morgan fingerprint density at radius 2 is 1.59 bits per heavy atom. The van der Waals surface area contributed by atoms with Gasteiger partial charge in [-0.15, -0.1) is 0 Å². The number of hydrogen-bond acceptors (Lipinski definition) is 3. The zero-order valence-corrected chi connectivity index (χ0v) is 9.69. The predicted molar refractivity (Wildman–Crippen MR) is 65.6 cm³/mol. The van der Waals surface area contributed by atoms with Gasteiger partial charge in [0.05, 0.1) is 0 Å². The van der Waals surface area contributed by atoms with E-state index < -0.39 is 0 Å². The van der Waals surface area contributed by atoms with Gasteiger partial charge in [-0.3, -0.25) is 0 Å². The van der Waals surface area contributed by atoms with Crippen molar-refractivity contribution in [1.82, 2.24) is 0 Å². The maximum atomic E-state index is 9.52. The molecule has 0 fully saturated rings. The molecule has 3 nitrogen and oxygen atoms in total. The standard InChI is InChI=1S/C13H11ClO3/c14-10-5-2-1-4-9(10)8-17-13-11(15)6-3-7-12(13)16/h1-7,15-16H,8H2. The smallest absolute Gasteiger partial charge is 0.203 e. The number of phenols is 2. The molecule has 0 atom stereocenters. The van der Waals surface area contributed by atoms with E-state index in [9.17, 15) is 10.2 Å². The van der Waals surface area contributed by atoms with E-state index in [1.807, 2.05) is 18.2 Å². The van der Waals surface area contributed by atoms with Crippen LogP contribution in [0.15, 0.2) is 42.5 Å². The Hall–Kier alpha value is -1.87. The summed E-state index contributed by atoms with van der Waals surface area (Å²) in [6.45, 7) is 0.185. The van der Waals surface area contributed by atoms with Crippen LogP contribution in [-0.2, 0) is 6.61 Å². The third kappa shape index (κ3) is 2.63. The lowest BCUT2D eigenvalue weighted by molar-refractivity contribution is 0.273. The first kappa shape index (κ1) is 11.6. The molecule has 0 aliphatic heterocycles. The molecular formula is C13H11ClO3. The zero-order chi connectivity index (χ0) is 12.3. The second kappa shape index (κ2) is 4.97. The molecule has 0 aliphatic carbocycles. The van der Waals surface area contributed by atoms with Gasteiger partial charge in [-0.05, 0) is 18.2 Å². The molecule has 2 aromatic carbocycles. The lowest BCUT2D eigenvalue weighted by Gasteiger charge is -2.10. The van der Waals surface area contributed by atoms with Crippen LogP contribution in [0.4, 0.5) is 0 Å². The Kier molecular flexibility index (Phi) is 3.40. The molecule has 0 aromatic heterocycles. The topological polar surface area (TPSA) is 49.7 Å². The van der Waals surface area contributed by atoms with Gasteiger partial charge in [0.25, 0.3) is 0 Å². The lowest BCUT2D eigenvalue weighted by atomic mass is 10.2. The maximum Gasteiger partial charge on any atom is 0.203 e. The Bertz CT molecular complexity index is 506. The van der Waals surface area contributed by atoms with Crippen molar-refractivity contribution < 1.29 is 14.9 Å². The SMILES string of the molecule is Oc1cccc(O)c1OCc1ccccc1Cl. The van der Waals surface area contributed by atoms with Crippen molar-refractivity contribution in [2.24, 2.45) is 0 Å². The van der Waals surface area contributed by atoms with Crippen molar-refractivity contribution in [3.05, 3.63) is 53.1 Å². The largest absolute Gasteiger partial charge is 0.504 e. The van der Waals surface area contributed by atoms with Crippen LogP contribution in [0.1, 0.15) is 5.56 Å². The molecule has 0 saturated carbocycles. The summed E-state index contributed by atoms with van der Waals surface area (Å²) in [5.41, 5.74) is 0.789. The first-order chi connectivity index (χ1) is 8.18. The number of phenolic OH excluding ortho intramolecular Hbond substituents is 2. The Labute approximate surface area is 104 Å². The number of benzene rings is 2. The van der Waals surface area contributed by atoms with Crippen molar-refractivity contribution in [1.29, 1.82) is 0 Å². The summed E-state index contributed by atoms with van der Waals surface area (Å²) >= 11 is 5.97. The van der Waals surface area contributed by atoms with Crippen molar-refractivity contribution in [3.8, 4) is 17.2 Å². The molecule has 4 heteroatoms. The van der Waals surface area contributed by atoms with Gasteiger partial charge in [0.1, 0.15) is 6.61 Å². The van der Waals surface area contributed by atoms with Gasteiger partial charge in [-0.1, -0.05) is 35.9 Å². The Morgan fingerprint density at radius 3 is 2.24 bits per heavy atom. The predicted octanol–water partition coefficient (Wildman–Crippen LogP) is 3.33. The number of rotatable bonds is 3. The quantitative estimate of drug-likeness (QED) is 0.879. The van der Waals surface area contributed by atoms with Gasteiger partial charge in [0.15, 0.2) is 11.5 Å². The molecule has 17 heavy (non-hydrogen) atoms. The summed E-state index contributed by atoms with van der Waals surface area (Å²) in [4.78, 5) is 0. The number of para-hydroxylation sites is 1. The number of aromatic hydroxyl groups is 2. The fourth-order valence-corrected chi connectivity index (χ4v) is 1.62. The van der Waals surface area contributed by atoms with Gasteiger partial charge >= 0.3 is 0 Å². The van der Waals surface area contributed by atoms with E-state index in [0.717, 1.165) is 5.56 Å². The second-order valence-electron chi connectivity index (χ2n) is 3.51. The minimum atomic E-state index is -0.1000. The summed E-state index contributed by atoms with van der Waals surface area (Å²) in [6, 6.07) is 11.7. The van der Waals surface area contributed by atoms with E-state index in [1.54, 1.807) is 6.07 Å². The number of halogens is 1. The third-order valence-electron chi connectivity index (χ3n) is 2.30. The van der Waals surface area contributed by atoms with Crippen molar-refractivity contribution >= 4 is 11.6 Å². The molecule has 0 saturated heterocycles. The number of ether oxygens (including phenoxy) is 1. The molecule has 88 valence electrons. The third-order valence-corrected chi connectivity index (χ3v) is 2.67. The molecular weight excluding hydrogens is 240 g/mol. The van der Waals surface area contributed by atoms with Crippen molar-refractivity contribution in [2.45, 2.75) is 6.61 Å². The average molecular weight is 251 g/mol. The van der Waals surface area contributed by atoms with Crippen LogP contribution in [0, 0.1) is 0 Å². The van der Waals surface area contributed by atoms with Gasteiger partial charge in [-0.2, -0.15) is 0 Å². The van der Waals surface area contributed by atoms with Crippen LogP contribution in [0.3, 0.4) is 0 Å². The highest BCUT2D eigenvalue weighted by Gasteiger charge is 2.09. The fourth-order valence-electron chi connectivity index (χ4n) is 1.43.